The van der Waals surface area contributed by atoms with Gasteiger partial charge in [-0.2, -0.15) is 0 Å². The van der Waals surface area contributed by atoms with Gasteiger partial charge in [-0.05, 0) is 6.07 Å². The van der Waals surface area contributed by atoms with Crippen molar-refractivity contribution in [1.82, 2.24) is 4.90 Å². The lowest BCUT2D eigenvalue weighted by Gasteiger charge is -2.41. The van der Waals surface area contributed by atoms with E-state index in [2.05, 4.69) is 0 Å². The first kappa shape index (κ1) is 12.4. The average molecular weight is 249 g/mol. The van der Waals surface area contributed by atoms with Crippen LogP contribution in [0.15, 0.2) is 24.3 Å². The number of carboxylic acid groups (broad SMARTS) is 1. The Balaban J connectivity index is 2.63. The van der Waals surface area contributed by atoms with Crippen molar-refractivity contribution in [3.8, 4) is 5.75 Å². The molecule has 96 valence electrons. The molecule has 1 aliphatic rings. The SMILES string of the molecule is CC(=O)N(C)C1(C(=O)O)CCOc2ccccc21. The summed E-state index contributed by atoms with van der Waals surface area (Å²) in [6, 6.07) is 6.95. The summed E-state index contributed by atoms with van der Waals surface area (Å²) in [5.41, 5.74) is -0.804. The van der Waals surface area contributed by atoms with Gasteiger partial charge in [0.2, 0.25) is 5.91 Å². The summed E-state index contributed by atoms with van der Waals surface area (Å²) in [7, 11) is 1.51. The molecule has 2 rings (SSSR count). The first-order valence-electron chi connectivity index (χ1n) is 5.70. The number of ether oxygens (including phenoxy) is 1. The summed E-state index contributed by atoms with van der Waals surface area (Å²) in [6.07, 6.45) is 0.245. The number of carbonyl (C=O) groups is 2. The molecule has 0 spiro atoms. The Hall–Kier alpha value is -2.04. The first-order chi connectivity index (χ1) is 8.50. The van der Waals surface area contributed by atoms with Crippen molar-refractivity contribution in [2.75, 3.05) is 13.7 Å². The largest absolute Gasteiger partial charge is 0.493 e. The van der Waals surface area contributed by atoms with E-state index in [1.165, 1.54) is 18.9 Å². The molecule has 0 bridgehead atoms. The van der Waals surface area contributed by atoms with Gasteiger partial charge in [0.1, 0.15) is 5.75 Å². The molecule has 0 saturated heterocycles. The molecule has 18 heavy (non-hydrogen) atoms. The van der Waals surface area contributed by atoms with Crippen LogP contribution in [-0.4, -0.2) is 35.5 Å². The van der Waals surface area contributed by atoms with Gasteiger partial charge in [0, 0.05) is 26.0 Å². The highest BCUT2D eigenvalue weighted by Crippen LogP contribution is 2.41. The van der Waals surface area contributed by atoms with E-state index in [0.29, 0.717) is 11.3 Å². The molecule has 1 amide bonds. The van der Waals surface area contributed by atoms with Gasteiger partial charge in [-0.3, -0.25) is 4.79 Å². The van der Waals surface area contributed by atoms with Crippen molar-refractivity contribution in [1.29, 1.82) is 0 Å². The van der Waals surface area contributed by atoms with Crippen LogP contribution >= 0.6 is 0 Å². The zero-order valence-electron chi connectivity index (χ0n) is 10.3. The van der Waals surface area contributed by atoms with Gasteiger partial charge >= 0.3 is 5.97 Å². The molecule has 1 unspecified atom stereocenters. The second kappa shape index (κ2) is 4.33. The summed E-state index contributed by atoms with van der Waals surface area (Å²) in [5.74, 6) is -0.788. The molecule has 0 radical (unpaired) electrons. The van der Waals surface area contributed by atoms with Crippen molar-refractivity contribution < 1.29 is 19.4 Å². The zero-order valence-corrected chi connectivity index (χ0v) is 10.3. The Morgan fingerprint density at radius 2 is 2.06 bits per heavy atom. The van der Waals surface area contributed by atoms with Crippen molar-refractivity contribution >= 4 is 11.9 Å². The number of nitrogens with zero attached hydrogens (tertiary/aromatic N) is 1. The topological polar surface area (TPSA) is 66.8 Å². The number of carboxylic acids is 1. The summed E-state index contributed by atoms with van der Waals surface area (Å²) < 4.78 is 5.46. The maximum atomic E-state index is 11.7. The van der Waals surface area contributed by atoms with E-state index in [4.69, 9.17) is 4.74 Å². The van der Waals surface area contributed by atoms with E-state index in [1.54, 1.807) is 24.3 Å². The number of fused-ring (bicyclic) bond motifs is 1. The third kappa shape index (κ3) is 1.63. The second-order valence-corrected chi connectivity index (χ2v) is 4.34. The number of benzene rings is 1. The molecule has 1 N–H and O–H groups in total. The number of hydrogen-bond acceptors (Lipinski definition) is 3. The molecule has 5 heteroatoms. The van der Waals surface area contributed by atoms with Gasteiger partial charge in [0.15, 0.2) is 5.54 Å². The number of amides is 1. The molecular formula is C13H15NO4. The molecule has 0 fully saturated rings. The van der Waals surface area contributed by atoms with Crippen molar-refractivity contribution in [3.05, 3.63) is 29.8 Å². The van der Waals surface area contributed by atoms with Gasteiger partial charge < -0.3 is 14.7 Å². The van der Waals surface area contributed by atoms with Crippen LogP contribution in [0.2, 0.25) is 0 Å². The zero-order chi connectivity index (χ0) is 13.3. The van der Waals surface area contributed by atoms with Crippen molar-refractivity contribution in [3.63, 3.8) is 0 Å². The maximum Gasteiger partial charge on any atom is 0.334 e. The molecule has 1 atom stereocenters. The summed E-state index contributed by atoms with van der Waals surface area (Å²) in [5, 5.41) is 9.61. The van der Waals surface area contributed by atoms with Gasteiger partial charge in [0.25, 0.3) is 0 Å². The predicted molar refractivity (Wildman–Crippen MR) is 64.3 cm³/mol. The lowest BCUT2D eigenvalue weighted by molar-refractivity contribution is -0.160. The van der Waals surface area contributed by atoms with Crippen LogP contribution in [0.1, 0.15) is 18.9 Å². The van der Waals surface area contributed by atoms with E-state index in [1.807, 2.05) is 0 Å². The highest BCUT2D eigenvalue weighted by Gasteiger charge is 2.49. The molecule has 1 heterocycles. The molecular weight excluding hydrogens is 234 g/mol. The minimum Gasteiger partial charge on any atom is -0.493 e. The maximum absolute atomic E-state index is 11.7. The average Bonchev–Trinajstić information content (AvgIpc) is 2.36. The Morgan fingerprint density at radius 1 is 1.39 bits per heavy atom. The summed E-state index contributed by atoms with van der Waals surface area (Å²) in [4.78, 5) is 24.6. The minimum atomic E-state index is -1.33. The fourth-order valence-electron chi connectivity index (χ4n) is 2.36. The molecule has 0 aliphatic carbocycles. The number of carbonyl (C=O) groups excluding carboxylic acids is 1. The van der Waals surface area contributed by atoms with E-state index in [-0.39, 0.29) is 18.9 Å². The van der Waals surface area contributed by atoms with Crippen LogP contribution in [0.25, 0.3) is 0 Å². The summed E-state index contributed by atoms with van der Waals surface area (Å²) >= 11 is 0. The molecule has 0 aromatic heterocycles. The molecule has 1 aromatic rings. The van der Waals surface area contributed by atoms with Crippen LogP contribution in [0.5, 0.6) is 5.75 Å². The first-order valence-corrected chi connectivity index (χ1v) is 5.70. The van der Waals surface area contributed by atoms with Crippen LogP contribution in [0.4, 0.5) is 0 Å². The Bertz CT molecular complexity index is 500. The molecule has 5 nitrogen and oxygen atoms in total. The standard InChI is InChI=1S/C13H15NO4/c1-9(15)14(2)13(12(16)17)7-8-18-11-6-4-3-5-10(11)13/h3-6H,7-8H2,1-2H3,(H,16,17). The normalized spacial score (nSPS) is 21.7. The minimum absolute atomic E-state index is 0.245. The van der Waals surface area contributed by atoms with Gasteiger partial charge in [-0.1, -0.05) is 18.2 Å². The van der Waals surface area contributed by atoms with Crippen molar-refractivity contribution in [2.24, 2.45) is 0 Å². The highest BCUT2D eigenvalue weighted by molar-refractivity contribution is 5.88. The van der Waals surface area contributed by atoms with Crippen LogP contribution < -0.4 is 4.74 Å². The van der Waals surface area contributed by atoms with E-state index in [0.717, 1.165) is 0 Å². The van der Waals surface area contributed by atoms with Crippen molar-refractivity contribution in [2.45, 2.75) is 18.9 Å². The predicted octanol–water partition coefficient (Wildman–Crippen LogP) is 1.23. The van der Waals surface area contributed by atoms with E-state index in [9.17, 15) is 14.7 Å². The lowest BCUT2D eigenvalue weighted by atomic mass is 9.83. The number of likely N-dealkylation sites (N-methyl/N-ethyl adjacent to an activating group) is 1. The Labute approximate surface area is 105 Å². The third-order valence-corrected chi connectivity index (χ3v) is 3.45. The van der Waals surface area contributed by atoms with Crippen LogP contribution in [0.3, 0.4) is 0 Å². The number of rotatable bonds is 2. The Morgan fingerprint density at radius 3 is 2.67 bits per heavy atom. The molecule has 1 aliphatic heterocycles. The molecule has 1 aromatic carbocycles. The third-order valence-electron chi connectivity index (χ3n) is 3.45. The fourth-order valence-corrected chi connectivity index (χ4v) is 2.36. The number of hydrogen-bond donors (Lipinski definition) is 1. The molecule has 0 saturated carbocycles. The second-order valence-electron chi connectivity index (χ2n) is 4.34. The van der Waals surface area contributed by atoms with E-state index >= 15 is 0 Å². The number of aliphatic carboxylic acids is 1. The van der Waals surface area contributed by atoms with Gasteiger partial charge in [-0.15, -0.1) is 0 Å². The lowest BCUT2D eigenvalue weighted by Crippen LogP contribution is -2.54. The fraction of sp³-hybridized carbons (Fsp3) is 0.385. The van der Waals surface area contributed by atoms with Gasteiger partial charge in [-0.25, -0.2) is 4.79 Å². The van der Waals surface area contributed by atoms with Crippen LogP contribution in [0, 0.1) is 0 Å². The quantitative estimate of drug-likeness (QED) is 0.856. The smallest absolute Gasteiger partial charge is 0.334 e. The van der Waals surface area contributed by atoms with E-state index < -0.39 is 11.5 Å². The Kier molecular flexibility index (Phi) is 2.98. The summed E-state index contributed by atoms with van der Waals surface area (Å²) in [6.45, 7) is 1.64. The van der Waals surface area contributed by atoms with Crippen LogP contribution in [-0.2, 0) is 15.1 Å². The highest BCUT2D eigenvalue weighted by atomic mass is 16.5. The monoisotopic (exact) mass is 249 g/mol. The van der Waals surface area contributed by atoms with Gasteiger partial charge in [0.05, 0.1) is 6.61 Å². The number of para-hydroxylation sites is 1.